The number of rotatable bonds is 2. The quantitative estimate of drug-likeness (QED) is 0.155. The topological polar surface area (TPSA) is 57.4 Å². The maximum Gasteiger partial charge on any atom is 0.417 e. The molecule has 40 heavy (non-hydrogen) atoms. The number of pyridine rings is 2. The van der Waals surface area contributed by atoms with Crippen molar-refractivity contribution in [3.8, 4) is 22.5 Å². The lowest BCUT2D eigenvalue weighted by molar-refractivity contribution is -0.137. The molecule has 12 heteroatoms. The summed E-state index contributed by atoms with van der Waals surface area (Å²) in [6.45, 7) is 0. The van der Waals surface area contributed by atoms with E-state index >= 15 is 0 Å². The van der Waals surface area contributed by atoms with Crippen LogP contribution in [0.2, 0.25) is 10.3 Å². The molecule has 6 rings (SSSR count). The highest BCUT2D eigenvalue weighted by molar-refractivity contribution is 6.30. The first kappa shape index (κ1) is 27.5. The van der Waals surface area contributed by atoms with Gasteiger partial charge in [0.15, 0.2) is 0 Å². The van der Waals surface area contributed by atoms with E-state index in [-0.39, 0.29) is 21.4 Å². The second-order valence-corrected chi connectivity index (χ2v) is 9.37. The van der Waals surface area contributed by atoms with E-state index in [2.05, 4.69) is 19.9 Å². The third kappa shape index (κ3) is 5.78. The predicted octanol–water partition coefficient (Wildman–Crippen LogP) is 9.80. The Morgan fingerprint density at radius 3 is 1.27 bits per heavy atom. The highest BCUT2D eigenvalue weighted by atomic mass is 35.5. The zero-order valence-corrected chi connectivity index (χ0v) is 21.5. The number of alkyl halides is 6. The highest BCUT2D eigenvalue weighted by Crippen LogP contribution is 2.38. The molecular weight excluding hydrogens is 577 g/mol. The molecule has 4 aromatic heterocycles. The van der Waals surface area contributed by atoms with Crippen LogP contribution in [0.4, 0.5) is 26.3 Å². The number of hydrogen-bond acceptors (Lipinski definition) is 2. The largest absolute Gasteiger partial charge is 0.417 e. The minimum Gasteiger partial charge on any atom is -0.339 e. The van der Waals surface area contributed by atoms with Crippen molar-refractivity contribution in [3.05, 3.63) is 106 Å². The second-order valence-electron chi connectivity index (χ2n) is 8.60. The molecule has 4 heterocycles. The fraction of sp³-hybridized carbons (Fsp3) is 0.0714. The second kappa shape index (κ2) is 10.5. The van der Waals surface area contributed by atoms with Gasteiger partial charge in [0.25, 0.3) is 0 Å². The SMILES string of the molecule is FC(F)(F)c1ccccc1-c1cc2ccc(Cl)nc2[nH]1.FC(F)(F)c1ccccc1-c1cc2ccc(Cl)nc2[nH]1. The van der Waals surface area contributed by atoms with E-state index in [1.165, 1.54) is 24.3 Å². The van der Waals surface area contributed by atoms with Gasteiger partial charge in [0, 0.05) is 33.3 Å². The molecule has 0 unspecified atom stereocenters. The van der Waals surface area contributed by atoms with Crippen molar-refractivity contribution in [1.82, 2.24) is 19.9 Å². The molecule has 6 aromatic rings. The van der Waals surface area contributed by atoms with Crippen molar-refractivity contribution in [3.63, 3.8) is 0 Å². The number of fused-ring (bicyclic) bond motifs is 2. The molecule has 0 atom stereocenters. The van der Waals surface area contributed by atoms with Crippen molar-refractivity contribution in [2.24, 2.45) is 0 Å². The molecule has 0 bridgehead atoms. The number of halogens is 8. The van der Waals surface area contributed by atoms with E-state index in [1.54, 1.807) is 48.5 Å². The first-order valence-electron chi connectivity index (χ1n) is 11.5. The molecule has 0 radical (unpaired) electrons. The van der Waals surface area contributed by atoms with E-state index in [1.807, 2.05) is 0 Å². The molecule has 204 valence electrons. The van der Waals surface area contributed by atoms with E-state index in [0.29, 0.717) is 33.5 Å². The molecule has 0 aliphatic rings. The zero-order valence-electron chi connectivity index (χ0n) is 20.0. The van der Waals surface area contributed by atoms with Crippen LogP contribution in [0.25, 0.3) is 44.6 Å². The van der Waals surface area contributed by atoms with Gasteiger partial charge in [-0.1, -0.05) is 59.6 Å². The van der Waals surface area contributed by atoms with E-state index in [4.69, 9.17) is 23.2 Å². The van der Waals surface area contributed by atoms with Crippen molar-refractivity contribution in [1.29, 1.82) is 0 Å². The van der Waals surface area contributed by atoms with Crippen LogP contribution in [-0.2, 0) is 12.4 Å². The lowest BCUT2D eigenvalue weighted by Crippen LogP contribution is -2.06. The maximum atomic E-state index is 13.0. The van der Waals surface area contributed by atoms with Gasteiger partial charge in [0.1, 0.15) is 21.6 Å². The Kier molecular flexibility index (Phi) is 7.24. The Balaban J connectivity index is 0.000000161. The normalized spacial score (nSPS) is 12.0. The summed E-state index contributed by atoms with van der Waals surface area (Å²) in [6, 6.07) is 20.7. The summed E-state index contributed by atoms with van der Waals surface area (Å²) >= 11 is 11.5. The monoisotopic (exact) mass is 592 g/mol. The van der Waals surface area contributed by atoms with E-state index in [9.17, 15) is 26.3 Å². The van der Waals surface area contributed by atoms with Crippen LogP contribution in [0.15, 0.2) is 84.9 Å². The first-order chi connectivity index (χ1) is 18.9. The fourth-order valence-electron chi connectivity index (χ4n) is 4.18. The average Bonchev–Trinajstić information content (AvgIpc) is 3.51. The molecule has 0 aliphatic carbocycles. The molecule has 2 N–H and O–H groups in total. The lowest BCUT2D eigenvalue weighted by atomic mass is 10.0. The average molecular weight is 593 g/mol. The van der Waals surface area contributed by atoms with Crippen molar-refractivity contribution < 1.29 is 26.3 Å². The summed E-state index contributed by atoms with van der Waals surface area (Å²) < 4.78 is 78.0. The van der Waals surface area contributed by atoms with E-state index in [0.717, 1.165) is 12.1 Å². The number of hydrogen-bond donors (Lipinski definition) is 2. The van der Waals surface area contributed by atoms with Gasteiger partial charge in [0.2, 0.25) is 0 Å². The third-order valence-corrected chi connectivity index (χ3v) is 6.36. The van der Waals surface area contributed by atoms with Gasteiger partial charge >= 0.3 is 12.4 Å². The standard InChI is InChI=1S/2C14H8ClF3N2/c2*15-12-6-5-8-7-11(19-13(8)20-12)9-3-1-2-4-10(9)14(16,17)18/h2*1-7H,(H,19,20). The number of nitrogens with one attached hydrogen (secondary N) is 2. The van der Waals surface area contributed by atoms with E-state index < -0.39 is 23.5 Å². The first-order valence-corrected chi connectivity index (χ1v) is 12.3. The van der Waals surface area contributed by atoms with Crippen LogP contribution in [-0.4, -0.2) is 19.9 Å². The summed E-state index contributed by atoms with van der Waals surface area (Å²) in [5.41, 5.74) is 0.470. The molecule has 0 amide bonds. The van der Waals surface area contributed by atoms with Gasteiger partial charge in [-0.15, -0.1) is 0 Å². The molecule has 0 saturated carbocycles. The Bertz CT molecular complexity index is 1690. The summed E-state index contributed by atoms with van der Waals surface area (Å²) in [5.74, 6) is 0. The number of H-pyrrole nitrogens is 2. The van der Waals surface area contributed by atoms with Crippen LogP contribution in [0.3, 0.4) is 0 Å². The molecule has 2 aromatic carbocycles. The highest BCUT2D eigenvalue weighted by Gasteiger charge is 2.34. The van der Waals surface area contributed by atoms with Crippen LogP contribution >= 0.6 is 23.2 Å². The zero-order chi connectivity index (χ0) is 28.7. The molecule has 0 saturated heterocycles. The third-order valence-electron chi connectivity index (χ3n) is 5.94. The minimum absolute atomic E-state index is 0.0918. The van der Waals surface area contributed by atoms with Crippen LogP contribution in [0.5, 0.6) is 0 Å². The molecule has 0 aliphatic heterocycles. The Hall–Kier alpha value is -4.02. The number of nitrogens with zero attached hydrogens (tertiary/aromatic N) is 2. The van der Waals surface area contributed by atoms with Gasteiger partial charge in [-0.25, -0.2) is 9.97 Å². The predicted molar refractivity (Wildman–Crippen MR) is 143 cm³/mol. The Labute approximate surface area is 232 Å². The van der Waals surface area contributed by atoms with Crippen LogP contribution in [0.1, 0.15) is 11.1 Å². The van der Waals surface area contributed by atoms with Crippen molar-refractivity contribution >= 4 is 45.3 Å². The number of aromatic nitrogens is 4. The van der Waals surface area contributed by atoms with Crippen LogP contribution in [0, 0.1) is 0 Å². The maximum absolute atomic E-state index is 13.0. The van der Waals surface area contributed by atoms with Gasteiger partial charge in [-0.05, 0) is 48.5 Å². The van der Waals surface area contributed by atoms with Crippen molar-refractivity contribution in [2.75, 3.05) is 0 Å². The van der Waals surface area contributed by atoms with Gasteiger partial charge < -0.3 is 9.97 Å². The summed E-state index contributed by atoms with van der Waals surface area (Å²) in [7, 11) is 0. The summed E-state index contributed by atoms with van der Waals surface area (Å²) in [4.78, 5) is 13.8. The Morgan fingerprint density at radius 1 is 0.525 bits per heavy atom. The van der Waals surface area contributed by atoms with Gasteiger partial charge in [0.05, 0.1) is 11.1 Å². The summed E-state index contributed by atoms with van der Waals surface area (Å²) in [5, 5.41) is 1.99. The lowest BCUT2D eigenvalue weighted by Gasteiger charge is -2.11. The minimum atomic E-state index is -4.40. The molecule has 0 spiro atoms. The van der Waals surface area contributed by atoms with Crippen molar-refractivity contribution in [2.45, 2.75) is 12.4 Å². The number of aromatic amines is 2. The van der Waals surface area contributed by atoms with Gasteiger partial charge in [-0.3, -0.25) is 0 Å². The molecule has 0 fully saturated rings. The fourth-order valence-corrected chi connectivity index (χ4v) is 4.48. The number of benzene rings is 2. The smallest absolute Gasteiger partial charge is 0.339 e. The Morgan fingerprint density at radius 2 is 0.900 bits per heavy atom. The summed E-state index contributed by atoms with van der Waals surface area (Å²) in [6.07, 6.45) is -8.81. The molecule has 4 nitrogen and oxygen atoms in total. The van der Waals surface area contributed by atoms with Crippen LogP contribution < -0.4 is 0 Å². The molecular formula is C28H16Cl2F6N4. The van der Waals surface area contributed by atoms with Gasteiger partial charge in [-0.2, -0.15) is 26.3 Å².